The van der Waals surface area contributed by atoms with Crippen LogP contribution in [0, 0.1) is 0 Å². The van der Waals surface area contributed by atoms with E-state index in [0.29, 0.717) is 0 Å². The first kappa shape index (κ1) is 11.0. The van der Waals surface area contributed by atoms with Gasteiger partial charge < -0.3 is 9.79 Å². The summed E-state index contributed by atoms with van der Waals surface area (Å²) in [6, 6.07) is 0. The van der Waals surface area contributed by atoms with Crippen LogP contribution in [0.4, 0.5) is 22.0 Å². The molecule has 0 aromatic rings. The topological polar surface area (TPSA) is 49.7 Å². The van der Waals surface area contributed by atoms with E-state index in [-0.39, 0.29) is 0 Å². The Hall–Kier alpha value is -0.0400. The molecule has 0 saturated heterocycles. The molecule has 11 heavy (non-hydrogen) atoms. The van der Waals surface area contributed by atoms with E-state index >= 15 is 0 Å². The number of halogens is 5. The first-order chi connectivity index (χ1) is 4.67. The number of hydrogen-bond acceptors (Lipinski definition) is 3. The zero-order valence-electron chi connectivity index (χ0n) is 4.64. The van der Waals surface area contributed by atoms with Gasteiger partial charge in [0, 0.05) is 0 Å². The molecule has 0 saturated carbocycles. The molecule has 0 fully saturated rings. The lowest BCUT2D eigenvalue weighted by Gasteiger charge is -2.18. The molecule has 0 aliphatic carbocycles. The standard InChI is InChI=1S/C2H2F5O3P/c3-1(4,5)2(6,7)10-11(8)9/h8-9H. The maximum atomic E-state index is 11.5. The third-order valence-corrected chi connectivity index (χ3v) is 0.919. The summed E-state index contributed by atoms with van der Waals surface area (Å²) in [5, 5.41) is 0. The molecule has 0 bridgehead atoms. The Bertz CT molecular complexity index is 132. The summed E-state index contributed by atoms with van der Waals surface area (Å²) in [5.41, 5.74) is 0. The first-order valence-corrected chi connectivity index (χ1v) is 3.15. The van der Waals surface area contributed by atoms with Gasteiger partial charge in [-0.2, -0.15) is 22.0 Å². The Labute approximate surface area is 58.4 Å². The second-order valence-electron chi connectivity index (χ2n) is 1.36. The van der Waals surface area contributed by atoms with Crippen molar-refractivity contribution in [2.45, 2.75) is 12.3 Å². The van der Waals surface area contributed by atoms with Crippen molar-refractivity contribution in [2.24, 2.45) is 0 Å². The maximum absolute atomic E-state index is 11.5. The van der Waals surface area contributed by atoms with E-state index in [2.05, 4.69) is 4.52 Å². The Balaban J connectivity index is 4.22. The summed E-state index contributed by atoms with van der Waals surface area (Å²) in [6.07, 6.45) is -11.4. The molecule has 3 nitrogen and oxygen atoms in total. The largest absolute Gasteiger partial charge is 0.483 e. The lowest BCUT2D eigenvalue weighted by Crippen LogP contribution is -2.37. The van der Waals surface area contributed by atoms with Gasteiger partial charge in [0.05, 0.1) is 0 Å². The molecular weight excluding hydrogens is 198 g/mol. The van der Waals surface area contributed by atoms with Gasteiger partial charge in [-0.3, -0.25) is 0 Å². The number of hydrogen-bond donors (Lipinski definition) is 2. The van der Waals surface area contributed by atoms with Gasteiger partial charge >= 0.3 is 20.9 Å². The molecule has 0 aromatic heterocycles. The van der Waals surface area contributed by atoms with Crippen molar-refractivity contribution in [1.82, 2.24) is 0 Å². The molecule has 0 aliphatic heterocycles. The third kappa shape index (κ3) is 3.24. The van der Waals surface area contributed by atoms with Gasteiger partial charge in [0.15, 0.2) is 0 Å². The van der Waals surface area contributed by atoms with Crippen LogP contribution in [0.2, 0.25) is 0 Å². The smallest absolute Gasteiger partial charge is 0.328 e. The van der Waals surface area contributed by atoms with E-state index in [9.17, 15) is 22.0 Å². The van der Waals surface area contributed by atoms with Gasteiger partial charge in [-0.1, -0.05) is 0 Å². The molecular formula is C2H2F5O3P. The average Bonchev–Trinajstić information content (AvgIpc) is 1.56. The fourth-order valence-electron chi connectivity index (χ4n) is 0.154. The van der Waals surface area contributed by atoms with E-state index in [1.54, 1.807) is 0 Å². The molecule has 0 unspecified atom stereocenters. The zero-order valence-corrected chi connectivity index (χ0v) is 5.53. The Kier molecular flexibility index (Phi) is 3.13. The average molecular weight is 200 g/mol. The van der Waals surface area contributed by atoms with Crippen LogP contribution < -0.4 is 0 Å². The second-order valence-corrected chi connectivity index (χ2v) is 2.05. The third-order valence-electron chi connectivity index (χ3n) is 0.526. The number of rotatable bonds is 2. The summed E-state index contributed by atoms with van der Waals surface area (Å²) >= 11 is 0. The lowest BCUT2D eigenvalue weighted by molar-refractivity contribution is -0.362. The number of alkyl halides is 5. The lowest BCUT2D eigenvalue weighted by atomic mass is 10.6. The van der Waals surface area contributed by atoms with Crippen LogP contribution in [0.5, 0.6) is 0 Å². The Morgan fingerprint density at radius 2 is 1.36 bits per heavy atom. The van der Waals surface area contributed by atoms with Gasteiger partial charge in [-0.05, 0) is 0 Å². The maximum Gasteiger partial charge on any atom is 0.483 e. The normalized spacial score (nSPS) is 14.2. The summed E-state index contributed by atoms with van der Waals surface area (Å²) in [7, 11) is -3.72. The van der Waals surface area contributed by atoms with Crippen LogP contribution in [0.15, 0.2) is 0 Å². The molecule has 0 atom stereocenters. The van der Waals surface area contributed by atoms with Crippen molar-refractivity contribution in [3.63, 3.8) is 0 Å². The fourth-order valence-corrected chi connectivity index (χ4v) is 0.463. The van der Waals surface area contributed by atoms with Crippen LogP contribution in [0.1, 0.15) is 0 Å². The fraction of sp³-hybridized carbons (Fsp3) is 1.00. The predicted octanol–water partition coefficient (Wildman–Crippen LogP) is 1.37. The molecule has 0 aromatic carbocycles. The minimum Gasteiger partial charge on any atom is -0.328 e. The van der Waals surface area contributed by atoms with E-state index in [1.807, 2.05) is 0 Å². The predicted molar refractivity (Wildman–Crippen MR) is 23.4 cm³/mol. The van der Waals surface area contributed by atoms with Crippen LogP contribution in [0.25, 0.3) is 0 Å². The zero-order chi connectivity index (χ0) is 9.28. The molecule has 0 radical (unpaired) electrons. The quantitative estimate of drug-likeness (QED) is 0.522. The summed E-state index contributed by atoms with van der Waals surface area (Å²) < 4.78 is 58.9. The van der Waals surface area contributed by atoms with E-state index in [1.165, 1.54) is 0 Å². The molecule has 0 spiro atoms. The minimum absolute atomic E-state index is 2.52. The van der Waals surface area contributed by atoms with Crippen molar-refractivity contribution in [3.8, 4) is 0 Å². The first-order valence-electron chi connectivity index (χ1n) is 1.98. The van der Waals surface area contributed by atoms with E-state index in [4.69, 9.17) is 9.79 Å². The van der Waals surface area contributed by atoms with Crippen LogP contribution >= 0.6 is 8.60 Å². The molecule has 0 aliphatic rings. The van der Waals surface area contributed by atoms with Gasteiger partial charge in [0.1, 0.15) is 0 Å². The molecule has 9 heteroatoms. The Morgan fingerprint density at radius 3 is 1.45 bits per heavy atom. The molecule has 0 rings (SSSR count). The van der Waals surface area contributed by atoms with Crippen molar-refractivity contribution < 1.29 is 36.3 Å². The molecule has 0 amide bonds. The molecule has 2 N–H and O–H groups in total. The monoisotopic (exact) mass is 200 g/mol. The molecule has 68 valence electrons. The van der Waals surface area contributed by atoms with Crippen molar-refractivity contribution >= 4 is 8.60 Å². The van der Waals surface area contributed by atoms with Crippen LogP contribution in [0.3, 0.4) is 0 Å². The van der Waals surface area contributed by atoms with Crippen molar-refractivity contribution in [1.29, 1.82) is 0 Å². The highest BCUT2D eigenvalue weighted by Crippen LogP contribution is 2.44. The Morgan fingerprint density at radius 1 is 1.00 bits per heavy atom. The van der Waals surface area contributed by atoms with Crippen molar-refractivity contribution in [2.75, 3.05) is 0 Å². The van der Waals surface area contributed by atoms with Crippen molar-refractivity contribution in [3.05, 3.63) is 0 Å². The summed E-state index contributed by atoms with van der Waals surface area (Å²) in [6.45, 7) is 0. The minimum atomic E-state index is -5.93. The van der Waals surface area contributed by atoms with E-state index < -0.39 is 20.9 Å². The highest BCUT2D eigenvalue weighted by molar-refractivity contribution is 7.39. The summed E-state index contributed by atoms with van der Waals surface area (Å²) in [4.78, 5) is 15.3. The van der Waals surface area contributed by atoms with Gasteiger partial charge in [-0.25, -0.2) is 4.52 Å². The second kappa shape index (κ2) is 3.14. The SMILES string of the molecule is OP(O)OC(F)(F)C(F)(F)F. The van der Waals surface area contributed by atoms with E-state index in [0.717, 1.165) is 0 Å². The van der Waals surface area contributed by atoms with Gasteiger partial charge in [0.25, 0.3) is 0 Å². The van der Waals surface area contributed by atoms with Crippen LogP contribution in [-0.2, 0) is 4.52 Å². The molecule has 0 heterocycles. The highest BCUT2D eigenvalue weighted by atomic mass is 31.2. The summed E-state index contributed by atoms with van der Waals surface area (Å²) in [5.74, 6) is 0. The van der Waals surface area contributed by atoms with Crippen LogP contribution in [-0.4, -0.2) is 22.1 Å². The van der Waals surface area contributed by atoms with Gasteiger partial charge in [-0.15, -0.1) is 0 Å². The highest BCUT2D eigenvalue weighted by Gasteiger charge is 2.61. The van der Waals surface area contributed by atoms with Gasteiger partial charge in [0.2, 0.25) is 0 Å².